The van der Waals surface area contributed by atoms with Crippen LogP contribution >= 0.6 is 0 Å². The van der Waals surface area contributed by atoms with Gasteiger partial charge in [0.25, 0.3) is 0 Å². The monoisotopic (exact) mass is 373 g/mol. The number of hydrogen-bond acceptors (Lipinski definition) is 5. The van der Waals surface area contributed by atoms with E-state index in [0.717, 1.165) is 29.2 Å². The normalized spacial score (nSPS) is 11.3. The lowest BCUT2D eigenvalue weighted by Crippen LogP contribution is -2.17. The van der Waals surface area contributed by atoms with E-state index in [9.17, 15) is 0 Å². The van der Waals surface area contributed by atoms with Crippen LogP contribution in [0.15, 0.2) is 65.2 Å². The van der Waals surface area contributed by atoms with Gasteiger partial charge in [-0.2, -0.15) is 10.1 Å². The number of nitrogens with zero attached hydrogens (tertiary/aromatic N) is 5. The first-order valence-corrected chi connectivity index (χ1v) is 9.27. The molecule has 0 amide bonds. The van der Waals surface area contributed by atoms with Crippen molar-refractivity contribution in [2.75, 3.05) is 7.05 Å². The van der Waals surface area contributed by atoms with Crippen LogP contribution in [0.5, 0.6) is 0 Å². The second-order valence-electron chi connectivity index (χ2n) is 7.06. The second-order valence-corrected chi connectivity index (χ2v) is 7.06. The maximum Gasteiger partial charge on any atom is 0.241 e. The third kappa shape index (κ3) is 4.02. The van der Waals surface area contributed by atoms with Crippen LogP contribution < -0.4 is 0 Å². The van der Waals surface area contributed by atoms with E-state index < -0.39 is 0 Å². The molecule has 2 aromatic heterocycles. The highest BCUT2D eigenvalue weighted by molar-refractivity contribution is 5.53. The average Bonchev–Trinajstić information content (AvgIpc) is 3.28. The Labute approximate surface area is 164 Å². The molecule has 6 heteroatoms. The molecule has 0 fully saturated rings. The SMILES string of the molecule is Cc1cc(C)n(-c2cccc(CN(C)Cc3nc(-c4ccccc4)no3)c2)n1. The third-order valence-electron chi connectivity index (χ3n) is 4.52. The molecule has 4 aromatic rings. The van der Waals surface area contributed by atoms with Crippen LogP contribution in [0.2, 0.25) is 0 Å². The van der Waals surface area contributed by atoms with Crippen molar-refractivity contribution in [2.45, 2.75) is 26.9 Å². The molecule has 28 heavy (non-hydrogen) atoms. The van der Waals surface area contributed by atoms with Gasteiger partial charge >= 0.3 is 0 Å². The lowest BCUT2D eigenvalue weighted by atomic mass is 10.2. The van der Waals surface area contributed by atoms with Gasteiger partial charge in [0, 0.05) is 17.8 Å². The minimum absolute atomic E-state index is 0.587. The molecule has 0 aliphatic rings. The summed E-state index contributed by atoms with van der Waals surface area (Å²) < 4.78 is 7.40. The van der Waals surface area contributed by atoms with E-state index >= 15 is 0 Å². The number of aromatic nitrogens is 4. The predicted octanol–water partition coefficient (Wildman–Crippen LogP) is 4.17. The minimum atomic E-state index is 0.587. The summed E-state index contributed by atoms with van der Waals surface area (Å²) in [7, 11) is 2.04. The van der Waals surface area contributed by atoms with Crippen LogP contribution in [0.1, 0.15) is 22.8 Å². The maximum absolute atomic E-state index is 5.42. The lowest BCUT2D eigenvalue weighted by Gasteiger charge is -2.15. The van der Waals surface area contributed by atoms with Gasteiger partial charge in [-0.3, -0.25) is 4.90 Å². The molecule has 6 nitrogen and oxygen atoms in total. The fourth-order valence-corrected chi connectivity index (χ4v) is 3.30. The average molecular weight is 373 g/mol. The molecule has 0 saturated heterocycles. The Morgan fingerprint density at radius 1 is 0.964 bits per heavy atom. The van der Waals surface area contributed by atoms with Crippen LogP contribution in [0.25, 0.3) is 17.1 Å². The fraction of sp³-hybridized carbons (Fsp3) is 0.227. The molecule has 4 rings (SSSR count). The van der Waals surface area contributed by atoms with E-state index in [-0.39, 0.29) is 0 Å². The molecule has 0 atom stereocenters. The summed E-state index contributed by atoms with van der Waals surface area (Å²) in [5.41, 5.74) is 5.38. The number of hydrogen-bond donors (Lipinski definition) is 0. The van der Waals surface area contributed by atoms with E-state index in [0.29, 0.717) is 18.3 Å². The third-order valence-corrected chi connectivity index (χ3v) is 4.52. The zero-order chi connectivity index (χ0) is 19.5. The summed E-state index contributed by atoms with van der Waals surface area (Å²) in [5, 5.41) is 8.66. The summed E-state index contributed by atoms with van der Waals surface area (Å²) in [4.78, 5) is 6.66. The minimum Gasteiger partial charge on any atom is -0.338 e. The van der Waals surface area contributed by atoms with Gasteiger partial charge in [-0.05, 0) is 44.7 Å². The predicted molar refractivity (Wildman–Crippen MR) is 108 cm³/mol. The molecular weight excluding hydrogens is 350 g/mol. The van der Waals surface area contributed by atoms with Gasteiger partial charge in [0.05, 0.1) is 17.9 Å². The van der Waals surface area contributed by atoms with Crippen molar-refractivity contribution in [1.82, 2.24) is 24.8 Å². The molecule has 0 N–H and O–H groups in total. The Morgan fingerprint density at radius 3 is 2.54 bits per heavy atom. The highest BCUT2D eigenvalue weighted by Gasteiger charge is 2.11. The fourth-order valence-electron chi connectivity index (χ4n) is 3.30. The van der Waals surface area contributed by atoms with Crippen molar-refractivity contribution in [1.29, 1.82) is 0 Å². The summed E-state index contributed by atoms with van der Waals surface area (Å²) in [6.07, 6.45) is 0. The van der Waals surface area contributed by atoms with Crippen LogP contribution in [0.3, 0.4) is 0 Å². The lowest BCUT2D eigenvalue weighted by molar-refractivity contribution is 0.261. The van der Waals surface area contributed by atoms with Crippen LogP contribution in [0.4, 0.5) is 0 Å². The molecule has 0 aliphatic carbocycles. The summed E-state index contributed by atoms with van der Waals surface area (Å²) in [6.45, 7) is 5.44. The first-order chi connectivity index (χ1) is 13.6. The smallest absolute Gasteiger partial charge is 0.241 e. The van der Waals surface area contributed by atoms with Crippen molar-refractivity contribution in [2.24, 2.45) is 0 Å². The van der Waals surface area contributed by atoms with Crippen LogP contribution in [0, 0.1) is 13.8 Å². The Hall–Kier alpha value is -3.25. The molecule has 0 aliphatic heterocycles. The van der Waals surface area contributed by atoms with Crippen molar-refractivity contribution in [3.8, 4) is 17.1 Å². The molecule has 0 bridgehead atoms. The first kappa shape index (κ1) is 18.1. The van der Waals surface area contributed by atoms with Gasteiger partial charge in [-0.25, -0.2) is 4.68 Å². The second kappa shape index (κ2) is 7.78. The molecule has 0 saturated carbocycles. The van der Waals surface area contributed by atoms with Crippen molar-refractivity contribution >= 4 is 0 Å². The molecule has 142 valence electrons. The summed E-state index contributed by atoms with van der Waals surface area (Å²) in [5.74, 6) is 1.23. The van der Waals surface area contributed by atoms with E-state index in [1.807, 2.05) is 49.0 Å². The van der Waals surface area contributed by atoms with Crippen LogP contribution in [-0.2, 0) is 13.1 Å². The van der Waals surface area contributed by atoms with Gasteiger partial charge < -0.3 is 4.52 Å². The van der Waals surface area contributed by atoms with Gasteiger partial charge in [0.15, 0.2) is 0 Å². The Morgan fingerprint density at radius 2 is 1.79 bits per heavy atom. The Balaban J connectivity index is 1.44. The van der Waals surface area contributed by atoms with E-state index in [1.165, 1.54) is 5.56 Å². The Kier molecular flexibility index (Phi) is 5.04. The van der Waals surface area contributed by atoms with Gasteiger partial charge in [-0.1, -0.05) is 47.6 Å². The molecular formula is C22H23N5O. The number of aryl methyl sites for hydroxylation is 2. The van der Waals surface area contributed by atoms with E-state index in [1.54, 1.807) is 0 Å². The highest BCUT2D eigenvalue weighted by Crippen LogP contribution is 2.17. The van der Waals surface area contributed by atoms with Crippen molar-refractivity contribution in [3.05, 3.63) is 83.5 Å². The summed E-state index contributed by atoms with van der Waals surface area (Å²) >= 11 is 0. The van der Waals surface area contributed by atoms with E-state index in [4.69, 9.17) is 4.52 Å². The number of rotatable bonds is 6. The van der Waals surface area contributed by atoms with Gasteiger partial charge in [0.1, 0.15) is 0 Å². The van der Waals surface area contributed by atoms with Gasteiger partial charge in [0.2, 0.25) is 11.7 Å². The molecule has 2 aromatic carbocycles. The largest absolute Gasteiger partial charge is 0.338 e. The standard InChI is InChI=1S/C22H23N5O/c1-16-12-17(2)27(24-16)20-11-7-8-18(13-20)14-26(3)15-21-23-22(25-28-21)19-9-5-4-6-10-19/h4-13H,14-15H2,1-3H3. The molecule has 0 unspecified atom stereocenters. The van der Waals surface area contributed by atoms with Crippen molar-refractivity contribution < 1.29 is 4.52 Å². The number of benzene rings is 2. The zero-order valence-corrected chi connectivity index (χ0v) is 16.3. The quantitative estimate of drug-likeness (QED) is 0.508. The molecule has 2 heterocycles. The zero-order valence-electron chi connectivity index (χ0n) is 16.3. The molecule has 0 spiro atoms. The van der Waals surface area contributed by atoms with Crippen molar-refractivity contribution in [3.63, 3.8) is 0 Å². The van der Waals surface area contributed by atoms with Crippen LogP contribution in [-0.4, -0.2) is 31.9 Å². The first-order valence-electron chi connectivity index (χ1n) is 9.27. The summed E-state index contributed by atoms with van der Waals surface area (Å²) in [6, 6.07) is 20.4. The van der Waals surface area contributed by atoms with E-state index in [2.05, 4.69) is 57.4 Å². The highest BCUT2D eigenvalue weighted by atomic mass is 16.5. The maximum atomic E-state index is 5.42. The Bertz CT molecular complexity index is 1070. The van der Waals surface area contributed by atoms with Gasteiger partial charge in [-0.15, -0.1) is 0 Å². The topological polar surface area (TPSA) is 60.0 Å². The molecule has 0 radical (unpaired) electrons.